The van der Waals surface area contributed by atoms with E-state index >= 15 is 0 Å². The molecule has 0 aromatic carbocycles. The summed E-state index contributed by atoms with van der Waals surface area (Å²) in [6, 6.07) is 0. The molecule has 0 heterocycles. The average Bonchev–Trinajstić information content (AvgIpc) is 3.37. The van der Waals surface area contributed by atoms with Gasteiger partial charge < -0.3 is 14.2 Å². The average molecular weight is 992 g/mol. The van der Waals surface area contributed by atoms with Crippen molar-refractivity contribution in [1.82, 2.24) is 0 Å². The molecule has 0 aliphatic carbocycles. The molecule has 0 spiro atoms. The molecule has 0 fully saturated rings. The fraction of sp³-hybridized carbons (Fsp3) is 0.769. The lowest BCUT2D eigenvalue weighted by Crippen LogP contribution is -2.30. The van der Waals surface area contributed by atoms with Gasteiger partial charge in [0, 0.05) is 19.3 Å². The van der Waals surface area contributed by atoms with Gasteiger partial charge in [0.25, 0.3) is 0 Å². The Hall–Kier alpha value is -3.15. The fourth-order valence-electron chi connectivity index (χ4n) is 8.68. The van der Waals surface area contributed by atoms with Crippen molar-refractivity contribution in [2.75, 3.05) is 13.2 Å². The van der Waals surface area contributed by atoms with Crippen molar-refractivity contribution < 1.29 is 28.6 Å². The summed E-state index contributed by atoms with van der Waals surface area (Å²) in [6.07, 6.45) is 76.5. The zero-order chi connectivity index (χ0) is 51.4. The first-order valence-electron chi connectivity index (χ1n) is 30.4. The Morgan fingerprint density at radius 1 is 0.296 bits per heavy atom. The van der Waals surface area contributed by atoms with E-state index in [4.69, 9.17) is 14.2 Å². The number of esters is 3. The van der Waals surface area contributed by atoms with E-state index in [1.165, 1.54) is 161 Å². The highest BCUT2D eigenvalue weighted by atomic mass is 16.6. The minimum atomic E-state index is -0.774. The van der Waals surface area contributed by atoms with E-state index in [0.717, 1.165) is 103 Å². The van der Waals surface area contributed by atoms with Gasteiger partial charge >= 0.3 is 17.9 Å². The van der Waals surface area contributed by atoms with E-state index in [-0.39, 0.29) is 31.1 Å². The fourth-order valence-corrected chi connectivity index (χ4v) is 8.68. The van der Waals surface area contributed by atoms with Crippen molar-refractivity contribution in [3.63, 3.8) is 0 Å². The van der Waals surface area contributed by atoms with Crippen molar-refractivity contribution >= 4 is 17.9 Å². The van der Waals surface area contributed by atoms with Crippen LogP contribution in [0, 0.1) is 0 Å². The highest BCUT2D eigenvalue weighted by Gasteiger charge is 2.19. The molecule has 0 saturated heterocycles. The summed E-state index contributed by atoms with van der Waals surface area (Å²) in [4.78, 5) is 38.0. The lowest BCUT2D eigenvalue weighted by molar-refractivity contribution is -0.167. The van der Waals surface area contributed by atoms with Gasteiger partial charge in [0.1, 0.15) is 13.2 Å². The van der Waals surface area contributed by atoms with Gasteiger partial charge in [-0.2, -0.15) is 0 Å². The number of hydrogen-bond donors (Lipinski definition) is 0. The first-order valence-corrected chi connectivity index (χ1v) is 30.4. The highest BCUT2D eigenvalue weighted by Crippen LogP contribution is 2.17. The molecule has 0 saturated carbocycles. The van der Waals surface area contributed by atoms with Gasteiger partial charge in [0.05, 0.1) is 0 Å². The van der Waals surface area contributed by atoms with Crippen LogP contribution in [0.3, 0.4) is 0 Å². The molecule has 0 aliphatic rings. The molecule has 71 heavy (non-hydrogen) atoms. The SMILES string of the molecule is CC/C=C\C/C=C\C/C=C\C/C=C\C/C=C\C/C=C\CCCCCCCCCCC(=O)OCC(COC(=O)CCCCCCCC)OC(=O)CCCCCCCCCCCCCCCCCCCCCC. The molecular weight excluding hydrogens is 877 g/mol. The second kappa shape index (κ2) is 59.4. The molecule has 0 radical (unpaired) electrons. The van der Waals surface area contributed by atoms with Crippen LogP contribution in [0.5, 0.6) is 0 Å². The van der Waals surface area contributed by atoms with Crippen molar-refractivity contribution in [2.45, 2.75) is 309 Å². The predicted octanol–water partition coefficient (Wildman–Crippen LogP) is 20.5. The second-order valence-corrected chi connectivity index (χ2v) is 20.2. The number of rotatable bonds is 55. The maximum Gasteiger partial charge on any atom is 0.306 e. The number of carbonyl (C=O) groups is 3. The van der Waals surface area contributed by atoms with Crippen molar-refractivity contribution in [3.05, 3.63) is 72.9 Å². The molecule has 0 aromatic rings. The van der Waals surface area contributed by atoms with Crippen molar-refractivity contribution in [2.24, 2.45) is 0 Å². The van der Waals surface area contributed by atoms with E-state index in [1.54, 1.807) is 0 Å². The summed E-state index contributed by atoms with van der Waals surface area (Å²) >= 11 is 0. The molecule has 0 aromatic heterocycles. The van der Waals surface area contributed by atoms with Crippen LogP contribution in [0.15, 0.2) is 72.9 Å². The number of ether oxygens (including phenoxy) is 3. The molecule has 0 rings (SSSR count). The van der Waals surface area contributed by atoms with Crippen molar-refractivity contribution in [1.29, 1.82) is 0 Å². The predicted molar refractivity (Wildman–Crippen MR) is 307 cm³/mol. The minimum absolute atomic E-state index is 0.0751. The normalized spacial score (nSPS) is 12.5. The van der Waals surface area contributed by atoms with Gasteiger partial charge in [-0.3, -0.25) is 14.4 Å². The molecule has 1 atom stereocenters. The van der Waals surface area contributed by atoms with Gasteiger partial charge in [-0.1, -0.05) is 286 Å². The van der Waals surface area contributed by atoms with Crippen molar-refractivity contribution in [3.8, 4) is 0 Å². The Kier molecular flexibility index (Phi) is 56.8. The largest absolute Gasteiger partial charge is 0.462 e. The second-order valence-electron chi connectivity index (χ2n) is 20.2. The van der Waals surface area contributed by atoms with Gasteiger partial charge in [0.2, 0.25) is 0 Å². The van der Waals surface area contributed by atoms with Crippen LogP contribution in [-0.2, 0) is 28.6 Å². The Balaban J connectivity index is 4.12. The van der Waals surface area contributed by atoms with E-state index in [0.29, 0.717) is 19.3 Å². The Bertz CT molecular complexity index is 1320. The number of carbonyl (C=O) groups excluding carboxylic acids is 3. The third-order valence-corrected chi connectivity index (χ3v) is 13.2. The molecule has 6 nitrogen and oxygen atoms in total. The number of hydrogen-bond acceptors (Lipinski definition) is 6. The van der Waals surface area contributed by atoms with E-state index < -0.39 is 6.10 Å². The topological polar surface area (TPSA) is 78.9 Å². The van der Waals surface area contributed by atoms with Crippen LogP contribution < -0.4 is 0 Å². The van der Waals surface area contributed by atoms with Crippen LogP contribution in [0.2, 0.25) is 0 Å². The number of allylic oxidation sites excluding steroid dienone is 12. The Morgan fingerprint density at radius 3 is 0.859 bits per heavy atom. The van der Waals surface area contributed by atoms with E-state index in [2.05, 4.69) is 93.7 Å². The third-order valence-electron chi connectivity index (χ3n) is 13.2. The summed E-state index contributed by atoms with van der Waals surface area (Å²) in [5.74, 6) is -0.881. The Labute approximate surface area is 440 Å². The number of unbranched alkanes of at least 4 members (excludes halogenated alkanes) is 32. The lowest BCUT2D eigenvalue weighted by Gasteiger charge is -2.18. The summed E-state index contributed by atoms with van der Waals surface area (Å²) in [5, 5.41) is 0. The summed E-state index contributed by atoms with van der Waals surface area (Å²) in [5.41, 5.74) is 0. The standard InChI is InChI=1S/C65H114O6/c1-4-7-10-13-16-18-20-22-24-26-28-30-31-32-33-34-35-36-38-39-41-43-45-47-49-52-55-58-64(67)70-61-62(60-69-63(66)57-54-51-15-12-9-6-3)71-65(68)59-56-53-50-48-46-44-42-40-37-29-27-25-23-21-19-17-14-11-8-5-2/h7,10,16,18,22,24,28,30,32-33,35-36,62H,4-6,8-9,11-15,17,19-21,23,25-27,29,31,34,37-61H2,1-3H3/b10-7-,18-16-,24-22-,30-28-,33-32-,36-35-. The van der Waals surface area contributed by atoms with Gasteiger partial charge in [-0.05, 0) is 70.6 Å². The van der Waals surface area contributed by atoms with Crippen LogP contribution >= 0.6 is 0 Å². The molecule has 0 amide bonds. The molecule has 1 unspecified atom stereocenters. The summed E-state index contributed by atoms with van der Waals surface area (Å²) in [6.45, 7) is 6.49. The molecule has 410 valence electrons. The van der Waals surface area contributed by atoms with Crippen LogP contribution in [0.4, 0.5) is 0 Å². The minimum Gasteiger partial charge on any atom is -0.462 e. The zero-order valence-corrected chi connectivity index (χ0v) is 47.0. The molecule has 0 aliphatic heterocycles. The molecule has 0 bridgehead atoms. The molecular formula is C65H114O6. The summed E-state index contributed by atoms with van der Waals surface area (Å²) in [7, 11) is 0. The lowest BCUT2D eigenvalue weighted by atomic mass is 10.0. The molecule has 6 heteroatoms. The monoisotopic (exact) mass is 991 g/mol. The molecule has 0 N–H and O–H groups in total. The Morgan fingerprint density at radius 2 is 0.549 bits per heavy atom. The maximum atomic E-state index is 12.8. The van der Waals surface area contributed by atoms with E-state index in [1.807, 2.05) is 0 Å². The highest BCUT2D eigenvalue weighted by molar-refractivity contribution is 5.71. The first-order chi connectivity index (χ1) is 35.0. The smallest absolute Gasteiger partial charge is 0.306 e. The van der Waals surface area contributed by atoms with Crippen LogP contribution in [-0.4, -0.2) is 37.2 Å². The van der Waals surface area contributed by atoms with Gasteiger partial charge in [0.15, 0.2) is 6.10 Å². The summed E-state index contributed by atoms with van der Waals surface area (Å²) < 4.78 is 16.8. The zero-order valence-electron chi connectivity index (χ0n) is 47.0. The third kappa shape index (κ3) is 57.6. The quantitative estimate of drug-likeness (QED) is 0.0261. The van der Waals surface area contributed by atoms with Gasteiger partial charge in [-0.15, -0.1) is 0 Å². The van der Waals surface area contributed by atoms with Crippen LogP contribution in [0.1, 0.15) is 303 Å². The first kappa shape index (κ1) is 67.8. The van der Waals surface area contributed by atoms with Gasteiger partial charge in [-0.25, -0.2) is 0 Å². The van der Waals surface area contributed by atoms with Crippen LogP contribution in [0.25, 0.3) is 0 Å². The van der Waals surface area contributed by atoms with E-state index in [9.17, 15) is 14.4 Å². The maximum absolute atomic E-state index is 12.8.